The fourth-order valence-corrected chi connectivity index (χ4v) is 2.33. The van der Waals surface area contributed by atoms with Gasteiger partial charge in [0.15, 0.2) is 5.78 Å². The van der Waals surface area contributed by atoms with Crippen molar-refractivity contribution >= 4 is 23.1 Å². The van der Waals surface area contributed by atoms with Gasteiger partial charge in [-0.05, 0) is 29.7 Å². The van der Waals surface area contributed by atoms with Gasteiger partial charge < -0.3 is 16.6 Å². The molecule has 108 valence electrons. The maximum atomic E-state index is 12.3. The van der Waals surface area contributed by atoms with Crippen LogP contribution in [0.2, 0.25) is 0 Å². The predicted molar refractivity (Wildman–Crippen MR) is 82.2 cm³/mol. The lowest BCUT2D eigenvalue weighted by molar-refractivity contribution is -0.134. The summed E-state index contributed by atoms with van der Waals surface area (Å²) in [5, 5.41) is 7.42. The molecular weight excluding hydrogens is 268 g/mol. The SMILES string of the molecule is CC(=O)O.Cc1c(N)cc2c(c1N)C(=O)c1ccccc1-2. The number of nitrogen functional groups attached to an aromatic ring is 2. The minimum Gasteiger partial charge on any atom is -0.481 e. The summed E-state index contributed by atoms with van der Waals surface area (Å²) in [6.45, 7) is 2.92. The molecule has 0 fully saturated rings. The lowest BCUT2D eigenvalue weighted by atomic mass is 10.00. The van der Waals surface area contributed by atoms with Crippen molar-refractivity contribution in [3.8, 4) is 11.1 Å². The van der Waals surface area contributed by atoms with Crippen LogP contribution in [-0.2, 0) is 4.79 Å². The maximum Gasteiger partial charge on any atom is 0.300 e. The molecule has 2 aromatic rings. The van der Waals surface area contributed by atoms with Gasteiger partial charge in [-0.3, -0.25) is 9.59 Å². The van der Waals surface area contributed by atoms with E-state index >= 15 is 0 Å². The fraction of sp³-hybridized carbons (Fsp3) is 0.125. The summed E-state index contributed by atoms with van der Waals surface area (Å²) in [4.78, 5) is 21.3. The van der Waals surface area contributed by atoms with Gasteiger partial charge in [-0.25, -0.2) is 0 Å². The molecule has 0 unspecified atom stereocenters. The number of hydrogen-bond donors (Lipinski definition) is 3. The number of carbonyl (C=O) groups excluding carboxylic acids is 1. The molecule has 5 N–H and O–H groups in total. The Morgan fingerprint density at radius 3 is 2.19 bits per heavy atom. The molecule has 0 radical (unpaired) electrons. The van der Waals surface area contributed by atoms with Crippen molar-refractivity contribution < 1.29 is 14.7 Å². The summed E-state index contributed by atoms with van der Waals surface area (Å²) in [6, 6.07) is 9.35. The summed E-state index contributed by atoms with van der Waals surface area (Å²) in [5.41, 5.74) is 16.9. The first-order valence-corrected chi connectivity index (χ1v) is 6.36. The van der Waals surface area contributed by atoms with E-state index in [0.29, 0.717) is 22.5 Å². The molecule has 0 amide bonds. The van der Waals surface area contributed by atoms with Crippen molar-refractivity contribution in [2.45, 2.75) is 13.8 Å². The summed E-state index contributed by atoms with van der Waals surface area (Å²) in [5.74, 6) is -0.837. The van der Waals surface area contributed by atoms with Crippen LogP contribution >= 0.6 is 0 Å². The molecule has 0 saturated heterocycles. The van der Waals surface area contributed by atoms with Gasteiger partial charge in [0.25, 0.3) is 5.97 Å². The lowest BCUT2D eigenvalue weighted by Crippen LogP contribution is -2.04. The molecular formula is C16H16N2O3. The molecule has 0 spiro atoms. The largest absolute Gasteiger partial charge is 0.481 e. The molecule has 1 aliphatic carbocycles. The van der Waals surface area contributed by atoms with E-state index in [2.05, 4.69) is 0 Å². The number of nitrogens with two attached hydrogens (primary N) is 2. The van der Waals surface area contributed by atoms with E-state index in [9.17, 15) is 4.79 Å². The van der Waals surface area contributed by atoms with Crippen LogP contribution in [-0.4, -0.2) is 16.9 Å². The van der Waals surface area contributed by atoms with E-state index in [-0.39, 0.29) is 5.78 Å². The third-order valence-electron chi connectivity index (χ3n) is 3.36. The molecule has 3 rings (SSSR count). The number of aliphatic carboxylic acids is 1. The second-order valence-corrected chi connectivity index (χ2v) is 4.82. The summed E-state index contributed by atoms with van der Waals surface area (Å²) < 4.78 is 0. The zero-order valence-corrected chi connectivity index (χ0v) is 11.8. The van der Waals surface area contributed by atoms with E-state index in [0.717, 1.165) is 23.6 Å². The van der Waals surface area contributed by atoms with Gasteiger partial charge in [0.05, 0.1) is 5.56 Å². The van der Waals surface area contributed by atoms with Crippen LogP contribution in [0.3, 0.4) is 0 Å². The van der Waals surface area contributed by atoms with E-state index in [1.54, 1.807) is 0 Å². The normalized spacial score (nSPS) is 11.2. The van der Waals surface area contributed by atoms with Crippen LogP contribution in [0.1, 0.15) is 28.4 Å². The predicted octanol–water partition coefficient (Wildman–Crippen LogP) is 2.46. The maximum absolute atomic E-state index is 12.3. The van der Waals surface area contributed by atoms with Crippen LogP contribution in [0.15, 0.2) is 30.3 Å². The highest BCUT2D eigenvalue weighted by molar-refractivity contribution is 6.25. The Balaban J connectivity index is 0.000000361. The smallest absolute Gasteiger partial charge is 0.300 e. The Hall–Kier alpha value is -2.82. The lowest BCUT2D eigenvalue weighted by Gasteiger charge is -2.09. The molecule has 0 aromatic heterocycles. The van der Waals surface area contributed by atoms with Crippen LogP contribution < -0.4 is 11.5 Å². The number of ketones is 1. The van der Waals surface area contributed by atoms with Gasteiger partial charge >= 0.3 is 0 Å². The molecule has 0 aliphatic heterocycles. The highest BCUT2D eigenvalue weighted by Gasteiger charge is 2.29. The average molecular weight is 284 g/mol. The Morgan fingerprint density at radius 2 is 1.62 bits per heavy atom. The minimum atomic E-state index is -0.833. The van der Waals surface area contributed by atoms with E-state index in [1.165, 1.54) is 0 Å². The van der Waals surface area contributed by atoms with Crippen molar-refractivity contribution in [1.82, 2.24) is 0 Å². The molecule has 0 heterocycles. The Morgan fingerprint density at radius 1 is 1.10 bits per heavy atom. The van der Waals surface area contributed by atoms with E-state index in [1.807, 2.05) is 37.3 Å². The summed E-state index contributed by atoms with van der Waals surface area (Å²) >= 11 is 0. The zero-order valence-electron chi connectivity index (χ0n) is 11.8. The minimum absolute atomic E-state index is 0.00352. The summed E-state index contributed by atoms with van der Waals surface area (Å²) in [7, 11) is 0. The molecule has 0 atom stereocenters. The first-order valence-electron chi connectivity index (χ1n) is 6.36. The highest BCUT2D eigenvalue weighted by atomic mass is 16.4. The van der Waals surface area contributed by atoms with Crippen LogP contribution in [0.5, 0.6) is 0 Å². The van der Waals surface area contributed by atoms with Gasteiger partial charge in [-0.15, -0.1) is 0 Å². The second-order valence-electron chi connectivity index (χ2n) is 4.82. The Bertz CT molecular complexity index is 747. The van der Waals surface area contributed by atoms with E-state index in [4.69, 9.17) is 21.4 Å². The first-order chi connectivity index (χ1) is 9.84. The van der Waals surface area contributed by atoms with Gasteiger partial charge in [0.1, 0.15) is 0 Å². The van der Waals surface area contributed by atoms with Crippen molar-refractivity contribution in [3.63, 3.8) is 0 Å². The topological polar surface area (TPSA) is 106 Å². The van der Waals surface area contributed by atoms with Crippen molar-refractivity contribution in [3.05, 3.63) is 47.0 Å². The Kier molecular flexibility index (Phi) is 3.67. The molecule has 5 nitrogen and oxygen atoms in total. The number of rotatable bonds is 0. The van der Waals surface area contributed by atoms with Gasteiger partial charge in [-0.2, -0.15) is 0 Å². The molecule has 0 bridgehead atoms. The van der Waals surface area contributed by atoms with Crippen LogP contribution in [0.25, 0.3) is 11.1 Å². The van der Waals surface area contributed by atoms with E-state index < -0.39 is 5.97 Å². The standard InChI is InChI=1S/C14H12N2O.C2H4O2/c1-7-11(15)6-10-8-4-2-3-5-9(8)14(17)12(10)13(7)16;1-2(3)4/h2-6H,15-16H2,1H3;1H3,(H,3,4). The number of anilines is 2. The number of carboxylic acids is 1. The average Bonchev–Trinajstić information content (AvgIpc) is 2.70. The molecule has 2 aromatic carbocycles. The van der Waals surface area contributed by atoms with Crippen molar-refractivity contribution in [2.75, 3.05) is 11.5 Å². The molecule has 21 heavy (non-hydrogen) atoms. The van der Waals surface area contributed by atoms with Gasteiger partial charge in [0, 0.05) is 23.9 Å². The molecule has 0 saturated carbocycles. The number of carbonyl (C=O) groups is 2. The highest BCUT2D eigenvalue weighted by Crippen LogP contribution is 2.42. The quantitative estimate of drug-likeness (QED) is 0.550. The third kappa shape index (κ3) is 2.45. The number of fused-ring (bicyclic) bond motifs is 3. The van der Waals surface area contributed by atoms with Gasteiger partial charge in [0.2, 0.25) is 0 Å². The fourth-order valence-electron chi connectivity index (χ4n) is 2.33. The Labute approximate surface area is 122 Å². The molecule has 5 heteroatoms. The van der Waals surface area contributed by atoms with Crippen molar-refractivity contribution in [2.24, 2.45) is 0 Å². The number of hydrogen-bond acceptors (Lipinski definition) is 4. The monoisotopic (exact) mass is 284 g/mol. The second kappa shape index (κ2) is 5.28. The van der Waals surface area contributed by atoms with Crippen LogP contribution in [0, 0.1) is 6.92 Å². The first kappa shape index (κ1) is 14.6. The van der Waals surface area contributed by atoms with Gasteiger partial charge in [-0.1, -0.05) is 24.3 Å². The molecule has 1 aliphatic rings. The zero-order chi connectivity index (χ0) is 15.7. The number of benzene rings is 2. The van der Waals surface area contributed by atoms with Crippen molar-refractivity contribution in [1.29, 1.82) is 0 Å². The summed E-state index contributed by atoms with van der Waals surface area (Å²) in [6.07, 6.45) is 0. The third-order valence-corrected chi connectivity index (χ3v) is 3.36. The van der Waals surface area contributed by atoms with Crippen LogP contribution in [0.4, 0.5) is 11.4 Å². The number of carboxylic acid groups (broad SMARTS) is 1.